The Hall–Kier alpha value is -3.51. The maximum absolute atomic E-state index is 12.6. The highest BCUT2D eigenvalue weighted by molar-refractivity contribution is 5.95. The predicted molar refractivity (Wildman–Crippen MR) is 130 cm³/mol. The van der Waals surface area contributed by atoms with Gasteiger partial charge in [-0.15, -0.1) is 0 Å². The number of nitrogens with one attached hydrogen (secondary N) is 2. The molecule has 6 heteroatoms. The van der Waals surface area contributed by atoms with Crippen molar-refractivity contribution in [2.24, 2.45) is 0 Å². The third-order valence-electron chi connectivity index (χ3n) is 6.43. The van der Waals surface area contributed by atoms with Crippen LogP contribution in [0, 0.1) is 6.92 Å². The Morgan fingerprint density at radius 1 is 1.09 bits per heavy atom. The molecule has 0 saturated carbocycles. The summed E-state index contributed by atoms with van der Waals surface area (Å²) in [5, 5.41) is 4.79. The van der Waals surface area contributed by atoms with Crippen molar-refractivity contribution in [1.82, 2.24) is 19.9 Å². The van der Waals surface area contributed by atoms with Crippen molar-refractivity contribution in [3.8, 4) is 11.3 Å². The van der Waals surface area contributed by atoms with E-state index in [9.17, 15) is 4.79 Å². The number of pyridine rings is 3. The number of aromatic nitrogens is 3. The minimum Gasteiger partial charge on any atom is -0.340 e. The Morgan fingerprint density at radius 3 is 2.62 bits per heavy atom. The molecule has 0 spiro atoms. The van der Waals surface area contributed by atoms with Crippen molar-refractivity contribution in [1.29, 1.82) is 0 Å². The van der Waals surface area contributed by atoms with E-state index in [0.717, 1.165) is 41.0 Å². The smallest absolute Gasteiger partial charge is 0.259 e. The molecule has 0 radical (unpaired) electrons. The molecule has 0 aliphatic carbocycles. The topological polar surface area (TPSA) is 73.9 Å². The summed E-state index contributed by atoms with van der Waals surface area (Å²) in [6, 6.07) is 14.4. The number of piperidine rings is 1. The summed E-state index contributed by atoms with van der Waals surface area (Å²) in [5.41, 5.74) is 4.97. The van der Waals surface area contributed by atoms with Gasteiger partial charge in [-0.1, -0.05) is 12.1 Å². The molecule has 4 aromatic rings. The molecule has 1 fully saturated rings. The van der Waals surface area contributed by atoms with Crippen LogP contribution >= 0.6 is 0 Å². The molecule has 6 nitrogen and oxygen atoms in total. The van der Waals surface area contributed by atoms with E-state index in [1.807, 2.05) is 31.3 Å². The SMILES string of the molecule is Cc1ccncc1-c1cc2cc[nH]c(=O)c2c(Nc2ccc(C3CCN(C)CC3)cc2)n1. The van der Waals surface area contributed by atoms with Gasteiger partial charge >= 0.3 is 0 Å². The van der Waals surface area contributed by atoms with Gasteiger partial charge in [0.25, 0.3) is 5.56 Å². The Balaban J connectivity index is 1.51. The van der Waals surface area contributed by atoms with E-state index in [-0.39, 0.29) is 5.56 Å². The second kappa shape index (κ2) is 8.55. The number of likely N-dealkylation sites (tertiary alicyclic amines) is 1. The van der Waals surface area contributed by atoms with Crippen LogP contribution in [0.5, 0.6) is 0 Å². The molecule has 162 valence electrons. The lowest BCUT2D eigenvalue weighted by Crippen LogP contribution is -2.29. The van der Waals surface area contributed by atoms with Crippen LogP contribution in [0.3, 0.4) is 0 Å². The van der Waals surface area contributed by atoms with Crippen LogP contribution in [-0.4, -0.2) is 40.0 Å². The second-order valence-corrected chi connectivity index (χ2v) is 8.64. The summed E-state index contributed by atoms with van der Waals surface area (Å²) in [6.07, 6.45) is 7.64. The molecule has 0 amide bonds. The van der Waals surface area contributed by atoms with Crippen LogP contribution in [0.15, 0.2) is 65.8 Å². The van der Waals surface area contributed by atoms with Gasteiger partial charge < -0.3 is 15.2 Å². The Labute approximate surface area is 187 Å². The van der Waals surface area contributed by atoms with Gasteiger partial charge in [0.2, 0.25) is 0 Å². The summed E-state index contributed by atoms with van der Waals surface area (Å²) in [4.78, 5) is 26.9. The van der Waals surface area contributed by atoms with E-state index in [0.29, 0.717) is 17.1 Å². The standard InChI is InChI=1S/C26H27N5O/c1-17-7-11-27-16-22(17)23-15-20-8-12-28-26(32)24(20)25(30-23)29-21-5-3-18(4-6-21)19-9-13-31(2)14-10-19/h3-8,11-12,15-16,19H,9-10,13-14H2,1-2H3,(H,28,32)(H,29,30). The van der Waals surface area contributed by atoms with Crippen LogP contribution in [0.2, 0.25) is 0 Å². The molecular weight excluding hydrogens is 398 g/mol. The third-order valence-corrected chi connectivity index (χ3v) is 6.43. The van der Waals surface area contributed by atoms with E-state index >= 15 is 0 Å². The van der Waals surface area contributed by atoms with Crippen LogP contribution in [0.1, 0.15) is 29.9 Å². The minimum absolute atomic E-state index is 0.157. The first-order chi connectivity index (χ1) is 15.6. The monoisotopic (exact) mass is 425 g/mol. The maximum atomic E-state index is 12.6. The molecule has 32 heavy (non-hydrogen) atoms. The number of aromatic amines is 1. The van der Waals surface area contributed by atoms with Crippen molar-refractivity contribution >= 4 is 22.3 Å². The number of hydrogen-bond donors (Lipinski definition) is 2. The zero-order chi connectivity index (χ0) is 22.1. The first kappa shape index (κ1) is 20.4. The summed E-state index contributed by atoms with van der Waals surface area (Å²) in [5.74, 6) is 1.16. The molecule has 3 aromatic heterocycles. The minimum atomic E-state index is -0.157. The molecule has 4 heterocycles. The average Bonchev–Trinajstić information content (AvgIpc) is 2.80. The number of H-pyrrole nitrogens is 1. The number of rotatable bonds is 4. The quantitative estimate of drug-likeness (QED) is 0.489. The fraction of sp³-hybridized carbons (Fsp3) is 0.269. The normalized spacial score (nSPS) is 15.2. The van der Waals surface area contributed by atoms with Gasteiger partial charge in [0, 0.05) is 29.8 Å². The number of nitrogens with zero attached hydrogens (tertiary/aromatic N) is 3. The molecular formula is C26H27N5O. The molecule has 1 saturated heterocycles. The molecule has 0 bridgehead atoms. The highest BCUT2D eigenvalue weighted by atomic mass is 16.1. The van der Waals surface area contributed by atoms with Crippen LogP contribution < -0.4 is 10.9 Å². The van der Waals surface area contributed by atoms with Crippen molar-refractivity contribution in [2.75, 3.05) is 25.5 Å². The molecule has 1 aliphatic rings. The first-order valence-electron chi connectivity index (χ1n) is 11.1. The van der Waals surface area contributed by atoms with Crippen LogP contribution in [0.4, 0.5) is 11.5 Å². The van der Waals surface area contributed by atoms with Gasteiger partial charge in [0.15, 0.2) is 0 Å². The molecule has 5 rings (SSSR count). The van der Waals surface area contributed by atoms with E-state index < -0.39 is 0 Å². The highest BCUT2D eigenvalue weighted by Gasteiger charge is 2.18. The van der Waals surface area contributed by atoms with Crippen molar-refractivity contribution in [3.63, 3.8) is 0 Å². The molecule has 1 aromatic carbocycles. The number of aryl methyl sites for hydroxylation is 1. The lowest BCUT2D eigenvalue weighted by Gasteiger charge is -2.29. The molecule has 0 unspecified atom stereocenters. The summed E-state index contributed by atoms with van der Waals surface area (Å²) < 4.78 is 0. The van der Waals surface area contributed by atoms with Gasteiger partial charge in [0.05, 0.1) is 11.1 Å². The molecule has 2 N–H and O–H groups in total. The number of anilines is 2. The van der Waals surface area contributed by atoms with E-state index in [4.69, 9.17) is 4.98 Å². The highest BCUT2D eigenvalue weighted by Crippen LogP contribution is 2.31. The first-order valence-corrected chi connectivity index (χ1v) is 11.1. The van der Waals surface area contributed by atoms with Crippen LogP contribution in [-0.2, 0) is 0 Å². The predicted octanol–water partition coefficient (Wildman–Crippen LogP) is 4.85. The molecule has 0 atom stereocenters. The average molecular weight is 426 g/mol. The second-order valence-electron chi connectivity index (χ2n) is 8.64. The van der Waals surface area contributed by atoms with Gasteiger partial charge in [-0.3, -0.25) is 9.78 Å². The third kappa shape index (κ3) is 4.01. The van der Waals surface area contributed by atoms with Gasteiger partial charge in [-0.25, -0.2) is 4.98 Å². The van der Waals surface area contributed by atoms with Crippen molar-refractivity contribution < 1.29 is 0 Å². The largest absolute Gasteiger partial charge is 0.340 e. The zero-order valence-electron chi connectivity index (χ0n) is 18.4. The Bertz CT molecular complexity index is 1300. The van der Waals surface area contributed by atoms with Crippen molar-refractivity contribution in [3.05, 3.63) is 82.5 Å². The van der Waals surface area contributed by atoms with Crippen molar-refractivity contribution in [2.45, 2.75) is 25.7 Å². The van der Waals surface area contributed by atoms with Gasteiger partial charge in [-0.2, -0.15) is 0 Å². The zero-order valence-corrected chi connectivity index (χ0v) is 18.4. The van der Waals surface area contributed by atoms with E-state index in [1.165, 1.54) is 18.4 Å². The van der Waals surface area contributed by atoms with Gasteiger partial charge in [0.1, 0.15) is 5.82 Å². The Morgan fingerprint density at radius 2 is 1.88 bits per heavy atom. The maximum Gasteiger partial charge on any atom is 0.259 e. The van der Waals surface area contributed by atoms with E-state index in [1.54, 1.807) is 12.4 Å². The number of fused-ring (bicyclic) bond motifs is 1. The lowest BCUT2D eigenvalue weighted by atomic mass is 9.89. The van der Waals surface area contributed by atoms with Crippen LogP contribution in [0.25, 0.3) is 22.0 Å². The Kier molecular flexibility index (Phi) is 5.45. The molecule has 1 aliphatic heterocycles. The summed E-state index contributed by atoms with van der Waals surface area (Å²) in [6.45, 7) is 4.32. The summed E-state index contributed by atoms with van der Waals surface area (Å²) >= 11 is 0. The number of hydrogen-bond acceptors (Lipinski definition) is 5. The fourth-order valence-electron chi connectivity index (χ4n) is 4.49. The fourth-order valence-corrected chi connectivity index (χ4v) is 4.49. The lowest BCUT2D eigenvalue weighted by molar-refractivity contribution is 0.255. The summed E-state index contributed by atoms with van der Waals surface area (Å²) in [7, 11) is 2.18. The number of benzene rings is 1. The van der Waals surface area contributed by atoms with Gasteiger partial charge in [-0.05, 0) is 92.7 Å². The van der Waals surface area contributed by atoms with E-state index in [2.05, 4.69) is 51.5 Å².